The molecule has 6 nitrogen and oxygen atoms in total. The molecule has 6 rings (SSSR count). The van der Waals surface area contributed by atoms with Gasteiger partial charge in [-0.1, -0.05) is 67.9 Å². The third-order valence-electron chi connectivity index (χ3n) is 9.08. The van der Waals surface area contributed by atoms with Crippen LogP contribution in [-0.2, 0) is 34.4 Å². The number of piperidine rings is 1. The van der Waals surface area contributed by atoms with Crippen molar-refractivity contribution >= 4 is 17.5 Å². The summed E-state index contributed by atoms with van der Waals surface area (Å²) < 4.78 is 13.7. The third-order valence-corrected chi connectivity index (χ3v) is 9.08. The zero-order chi connectivity index (χ0) is 29.9. The minimum absolute atomic E-state index is 0.0262. The minimum Gasteiger partial charge on any atom is -0.373 e. The molecule has 0 unspecified atom stereocenters. The molecule has 3 heterocycles. The number of carbonyl (C=O) groups is 2. The maximum atomic E-state index is 14.0. The second-order valence-electron chi connectivity index (χ2n) is 11.8. The predicted molar refractivity (Wildman–Crippen MR) is 166 cm³/mol. The van der Waals surface area contributed by atoms with Crippen LogP contribution in [-0.4, -0.2) is 55.5 Å². The monoisotopic (exact) mass is 570 g/mol. The van der Waals surface area contributed by atoms with Gasteiger partial charge in [0.05, 0.1) is 6.04 Å². The lowest BCUT2D eigenvalue weighted by Gasteiger charge is -2.41. The highest BCUT2D eigenvalue weighted by atomic mass is 19.1. The van der Waals surface area contributed by atoms with Crippen molar-refractivity contribution < 1.29 is 14.0 Å². The Labute approximate surface area is 249 Å². The summed E-state index contributed by atoms with van der Waals surface area (Å²) in [6.07, 6.45) is 2.71. The number of carbonyl (C=O) groups excluding carboxylic acids is 2. The van der Waals surface area contributed by atoms with Crippen LogP contribution in [0.25, 0.3) is 0 Å². The predicted octanol–water partition coefficient (Wildman–Crippen LogP) is 4.91. The molecule has 2 N–H and O–H groups in total. The van der Waals surface area contributed by atoms with E-state index in [0.29, 0.717) is 32.5 Å². The van der Waals surface area contributed by atoms with E-state index in [1.807, 2.05) is 49.9 Å². The van der Waals surface area contributed by atoms with Crippen molar-refractivity contribution in [3.63, 3.8) is 0 Å². The first kappa shape index (κ1) is 29.8. The van der Waals surface area contributed by atoms with E-state index in [4.69, 9.17) is 0 Å². The van der Waals surface area contributed by atoms with E-state index in [0.717, 1.165) is 41.6 Å². The molecule has 3 aromatic carbocycles. The highest BCUT2D eigenvalue weighted by molar-refractivity contribution is 5.90. The number of aryl methyl sites for hydroxylation is 1. The molecule has 1 saturated heterocycles. The number of likely N-dealkylation sites (tertiary alicyclic amines) is 1. The number of nitrogens with one attached hydrogen (secondary N) is 2. The molecule has 0 saturated carbocycles. The number of likely N-dealkylation sites (N-methyl/N-ethyl adjacent to an activating group) is 1. The molecule has 0 aromatic heterocycles. The van der Waals surface area contributed by atoms with Gasteiger partial charge in [-0.2, -0.15) is 0 Å². The number of para-hydroxylation sites is 1. The molecule has 1 fully saturated rings. The van der Waals surface area contributed by atoms with Crippen LogP contribution in [0.4, 0.5) is 10.1 Å². The summed E-state index contributed by atoms with van der Waals surface area (Å²) in [6, 6.07) is 20.3. The van der Waals surface area contributed by atoms with Gasteiger partial charge in [-0.15, -0.1) is 0 Å². The summed E-state index contributed by atoms with van der Waals surface area (Å²) in [7, 11) is 2.15. The quantitative estimate of drug-likeness (QED) is 0.458. The van der Waals surface area contributed by atoms with Gasteiger partial charge < -0.3 is 20.4 Å². The first-order chi connectivity index (χ1) is 20.3. The second-order valence-corrected chi connectivity index (χ2v) is 11.8. The Morgan fingerprint density at radius 1 is 1.02 bits per heavy atom. The third kappa shape index (κ3) is 6.07. The van der Waals surface area contributed by atoms with Crippen molar-refractivity contribution in [1.82, 2.24) is 15.5 Å². The Balaban J connectivity index is 0.00000173. The zero-order valence-corrected chi connectivity index (χ0v) is 25.3. The molecule has 222 valence electrons. The fraction of sp³-hybridized carbons (Fsp3) is 0.429. The van der Waals surface area contributed by atoms with Gasteiger partial charge >= 0.3 is 0 Å². The summed E-state index contributed by atoms with van der Waals surface area (Å²) >= 11 is 0. The van der Waals surface area contributed by atoms with Crippen molar-refractivity contribution in [2.75, 3.05) is 31.6 Å². The number of rotatable bonds is 5. The van der Waals surface area contributed by atoms with Crippen LogP contribution in [0.1, 0.15) is 54.5 Å². The molecular weight excluding hydrogens is 527 g/mol. The van der Waals surface area contributed by atoms with Crippen LogP contribution in [0, 0.1) is 12.7 Å². The van der Waals surface area contributed by atoms with E-state index in [9.17, 15) is 14.0 Å². The van der Waals surface area contributed by atoms with Crippen molar-refractivity contribution in [3.05, 3.63) is 100 Å². The number of hydrogen-bond acceptors (Lipinski definition) is 4. The molecule has 1 spiro atoms. The van der Waals surface area contributed by atoms with E-state index in [1.54, 1.807) is 6.07 Å². The molecular formula is C35H43FN4O2. The van der Waals surface area contributed by atoms with Gasteiger partial charge in [0.2, 0.25) is 11.8 Å². The maximum Gasteiger partial charge on any atom is 0.245 e. The molecule has 0 radical (unpaired) electrons. The van der Waals surface area contributed by atoms with E-state index in [-0.39, 0.29) is 23.0 Å². The number of nitrogens with zero attached hydrogens (tertiary/aromatic N) is 2. The summed E-state index contributed by atoms with van der Waals surface area (Å²) in [5.74, 6) is -0.495. The summed E-state index contributed by atoms with van der Waals surface area (Å²) in [5, 5.41) is 6.33. The molecule has 0 aliphatic carbocycles. The molecule has 7 heteroatoms. The Hall–Kier alpha value is -3.71. The van der Waals surface area contributed by atoms with E-state index in [2.05, 4.69) is 46.8 Å². The van der Waals surface area contributed by atoms with Gasteiger partial charge in [-0.25, -0.2) is 4.39 Å². The van der Waals surface area contributed by atoms with Gasteiger partial charge in [-0.05, 0) is 66.6 Å². The van der Waals surface area contributed by atoms with Gasteiger partial charge in [-0.3, -0.25) is 9.59 Å². The Kier molecular flexibility index (Phi) is 8.97. The highest BCUT2D eigenvalue weighted by Crippen LogP contribution is 2.46. The average Bonchev–Trinajstić information content (AvgIpc) is 3.29. The molecule has 42 heavy (non-hydrogen) atoms. The SMILES string of the molecule is CC.Cc1ccc(C[C@@H](NC(=O)[C@@H]2Cc3ccc(F)cc3CN2)C(=O)N2CCC3(CC2)CN(C)c2ccccc23)cc1. The number of amides is 2. The number of benzene rings is 3. The molecule has 2 atom stereocenters. The topological polar surface area (TPSA) is 64.7 Å². The Morgan fingerprint density at radius 2 is 1.74 bits per heavy atom. The summed E-state index contributed by atoms with van der Waals surface area (Å²) in [5.41, 5.74) is 6.74. The zero-order valence-electron chi connectivity index (χ0n) is 25.3. The van der Waals surface area contributed by atoms with E-state index in [1.165, 1.54) is 23.4 Å². The van der Waals surface area contributed by atoms with E-state index >= 15 is 0 Å². The number of halogens is 1. The standard InChI is InChI=1S/C33H37FN4O2.C2H6/c1-22-7-9-23(10-8-22)17-29(36-31(39)28-19-24-11-12-26(34)18-25(24)20-35-28)32(40)38-15-13-33(14-16-38)21-37(2)30-6-4-3-5-27(30)33;1-2/h3-12,18,28-29,35H,13-17,19-21H2,1-2H3,(H,36,39);1-2H3/t28-,29+;/m0./s1. The lowest BCUT2D eigenvalue weighted by Crippen LogP contribution is -2.57. The van der Waals surface area contributed by atoms with Gasteiger partial charge in [0.15, 0.2) is 0 Å². The van der Waals surface area contributed by atoms with Crippen LogP contribution >= 0.6 is 0 Å². The van der Waals surface area contributed by atoms with Crippen LogP contribution < -0.4 is 15.5 Å². The van der Waals surface area contributed by atoms with Crippen LogP contribution in [0.3, 0.4) is 0 Å². The molecule has 3 aromatic rings. The first-order valence-corrected chi connectivity index (χ1v) is 15.3. The highest BCUT2D eigenvalue weighted by Gasteiger charge is 2.44. The maximum absolute atomic E-state index is 14.0. The minimum atomic E-state index is -0.654. The largest absolute Gasteiger partial charge is 0.373 e. The van der Waals surface area contributed by atoms with Gasteiger partial charge in [0, 0.05) is 50.7 Å². The van der Waals surface area contributed by atoms with Crippen LogP contribution in [0.2, 0.25) is 0 Å². The number of hydrogen-bond donors (Lipinski definition) is 2. The van der Waals surface area contributed by atoms with Crippen molar-refractivity contribution in [2.24, 2.45) is 0 Å². The fourth-order valence-electron chi connectivity index (χ4n) is 6.78. The molecule has 3 aliphatic heterocycles. The van der Waals surface area contributed by atoms with Crippen molar-refractivity contribution in [3.8, 4) is 0 Å². The molecule has 2 amide bonds. The average molecular weight is 571 g/mol. The van der Waals surface area contributed by atoms with Crippen LogP contribution in [0.5, 0.6) is 0 Å². The molecule has 3 aliphatic rings. The summed E-state index contributed by atoms with van der Waals surface area (Å²) in [6.45, 7) is 8.76. The first-order valence-electron chi connectivity index (χ1n) is 15.3. The van der Waals surface area contributed by atoms with Gasteiger partial charge in [0.1, 0.15) is 11.9 Å². The Bertz CT molecular complexity index is 1410. The smallest absolute Gasteiger partial charge is 0.245 e. The number of anilines is 1. The van der Waals surface area contributed by atoms with E-state index < -0.39 is 12.1 Å². The lowest BCUT2D eigenvalue weighted by atomic mass is 9.74. The second kappa shape index (κ2) is 12.7. The lowest BCUT2D eigenvalue weighted by molar-refractivity contribution is -0.138. The van der Waals surface area contributed by atoms with Crippen molar-refractivity contribution in [1.29, 1.82) is 0 Å². The number of fused-ring (bicyclic) bond motifs is 3. The fourth-order valence-corrected chi connectivity index (χ4v) is 6.78. The molecule has 0 bridgehead atoms. The van der Waals surface area contributed by atoms with Crippen LogP contribution in [0.15, 0.2) is 66.7 Å². The normalized spacial score (nSPS) is 19.3. The van der Waals surface area contributed by atoms with Gasteiger partial charge in [0.25, 0.3) is 0 Å². The van der Waals surface area contributed by atoms with Crippen molar-refractivity contribution in [2.45, 2.75) is 70.5 Å². The summed E-state index contributed by atoms with van der Waals surface area (Å²) in [4.78, 5) is 31.7. The Morgan fingerprint density at radius 3 is 2.48 bits per heavy atom.